The first-order chi connectivity index (χ1) is 12.2. The fourth-order valence-corrected chi connectivity index (χ4v) is 5.23. The smallest absolute Gasteiger partial charge is 0.302 e. The molecule has 0 saturated carbocycles. The highest BCUT2D eigenvalue weighted by Gasteiger charge is 2.21. The van der Waals surface area contributed by atoms with Gasteiger partial charge in [0.2, 0.25) is 10.0 Å². The van der Waals surface area contributed by atoms with Crippen LogP contribution in [0.5, 0.6) is 0 Å². The number of thiazole rings is 1. The van der Waals surface area contributed by atoms with Gasteiger partial charge in [-0.1, -0.05) is 36.5 Å². The first-order valence-corrected chi connectivity index (χ1v) is 10.7. The average molecular weight is 391 g/mol. The summed E-state index contributed by atoms with van der Waals surface area (Å²) in [6, 6.07) is 10.5. The molecule has 1 atom stereocenters. The summed E-state index contributed by atoms with van der Waals surface area (Å²) in [5, 5.41) is 0. The molecule has 0 spiro atoms. The maximum Gasteiger partial charge on any atom is 0.307 e. The van der Waals surface area contributed by atoms with Crippen molar-refractivity contribution in [3.63, 3.8) is 0 Å². The van der Waals surface area contributed by atoms with Crippen LogP contribution in [0.4, 0.5) is 0 Å². The van der Waals surface area contributed by atoms with E-state index in [1.54, 1.807) is 25.2 Å². The van der Waals surface area contributed by atoms with Crippen molar-refractivity contribution < 1.29 is 8.42 Å². The van der Waals surface area contributed by atoms with Crippen LogP contribution in [0.3, 0.4) is 0 Å². The number of aryl methyl sites for hydroxylation is 3. The van der Waals surface area contributed by atoms with E-state index in [2.05, 4.69) is 4.72 Å². The van der Waals surface area contributed by atoms with Crippen molar-refractivity contribution in [1.82, 2.24) is 9.29 Å². The fourth-order valence-electron chi connectivity index (χ4n) is 2.91. The molecule has 5 nitrogen and oxygen atoms in total. The number of rotatable bonds is 5. The summed E-state index contributed by atoms with van der Waals surface area (Å²) < 4.78 is 30.7. The Kier molecular flexibility index (Phi) is 5.05. The Balaban J connectivity index is 1.96. The largest absolute Gasteiger partial charge is 0.307 e. The van der Waals surface area contributed by atoms with E-state index in [0.29, 0.717) is 11.1 Å². The Labute approximate surface area is 157 Å². The zero-order valence-corrected chi connectivity index (χ0v) is 16.9. The Morgan fingerprint density at radius 1 is 1.12 bits per heavy atom. The van der Waals surface area contributed by atoms with Crippen LogP contribution in [0.1, 0.15) is 36.1 Å². The van der Waals surface area contributed by atoms with Crippen LogP contribution in [0, 0.1) is 13.8 Å². The van der Waals surface area contributed by atoms with Crippen LogP contribution >= 0.6 is 11.3 Å². The van der Waals surface area contributed by atoms with Gasteiger partial charge in [0, 0.05) is 13.1 Å². The molecule has 2 aromatic carbocycles. The van der Waals surface area contributed by atoms with E-state index in [1.165, 1.54) is 10.1 Å². The van der Waals surface area contributed by atoms with E-state index in [0.717, 1.165) is 28.0 Å². The van der Waals surface area contributed by atoms with Crippen molar-refractivity contribution in [1.29, 1.82) is 0 Å². The van der Waals surface area contributed by atoms with Crippen LogP contribution in [0.2, 0.25) is 0 Å². The molecule has 1 aromatic heterocycles. The summed E-state index contributed by atoms with van der Waals surface area (Å²) in [6.45, 7) is 6.00. The fraction of sp³-hybridized carbons (Fsp3) is 0.316. The van der Waals surface area contributed by atoms with Gasteiger partial charge in [-0.3, -0.25) is 4.79 Å². The number of sulfonamides is 1. The third-order valence-corrected chi connectivity index (χ3v) is 7.18. The number of benzene rings is 2. The molecule has 0 aliphatic carbocycles. The minimum absolute atomic E-state index is 0.107. The number of aromatic nitrogens is 1. The summed E-state index contributed by atoms with van der Waals surface area (Å²) in [6.07, 6.45) is 0.642. The third kappa shape index (κ3) is 3.47. The maximum absolute atomic E-state index is 12.9. The topological polar surface area (TPSA) is 68.2 Å². The second kappa shape index (κ2) is 6.98. The molecule has 0 amide bonds. The third-order valence-electron chi connectivity index (χ3n) is 4.71. The molecule has 1 N–H and O–H groups in total. The molecule has 3 rings (SSSR count). The van der Waals surface area contributed by atoms with Crippen LogP contribution in [-0.4, -0.2) is 13.0 Å². The molecule has 7 heteroatoms. The molecule has 3 aromatic rings. The standard InChI is InChI=1S/C19H22N2O3S2/c1-5-16(14-7-6-12(2)13(3)10-14)20-26(23,24)15-8-9-17-18(11-15)25-19(22)21(17)4/h6-11,16,20H,5H2,1-4H3. The van der Waals surface area contributed by atoms with Gasteiger partial charge in [0.25, 0.3) is 0 Å². The van der Waals surface area contributed by atoms with Gasteiger partial charge in [-0.25, -0.2) is 13.1 Å². The lowest BCUT2D eigenvalue weighted by Crippen LogP contribution is -2.28. The number of nitrogens with one attached hydrogen (secondary N) is 1. The van der Waals surface area contributed by atoms with Crippen LogP contribution in [-0.2, 0) is 17.1 Å². The Morgan fingerprint density at radius 3 is 2.50 bits per heavy atom. The van der Waals surface area contributed by atoms with Gasteiger partial charge in [0.05, 0.1) is 15.1 Å². The summed E-state index contributed by atoms with van der Waals surface area (Å²) in [5.41, 5.74) is 4.00. The monoisotopic (exact) mass is 390 g/mol. The van der Waals surface area contributed by atoms with E-state index in [-0.39, 0.29) is 15.8 Å². The van der Waals surface area contributed by atoms with E-state index in [1.807, 2.05) is 39.0 Å². The van der Waals surface area contributed by atoms with Crippen molar-refractivity contribution in [3.05, 3.63) is 62.8 Å². The van der Waals surface area contributed by atoms with Crippen LogP contribution in [0.25, 0.3) is 10.2 Å². The van der Waals surface area contributed by atoms with Crippen molar-refractivity contribution >= 4 is 31.6 Å². The minimum Gasteiger partial charge on any atom is -0.302 e. The zero-order chi connectivity index (χ0) is 19.1. The molecule has 138 valence electrons. The van der Waals surface area contributed by atoms with E-state index < -0.39 is 10.0 Å². The predicted octanol–water partition coefficient (Wildman–Crippen LogP) is 3.65. The molecule has 1 unspecified atom stereocenters. The van der Waals surface area contributed by atoms with E-state index in [9.17, 15) is 13.2 Å². The summed E-state index contributed by atoms with van der Waals surface area (Å²) in [5.74, 6) is 0. The maximum atomic E-state index is 12.9. The Hall–Kier alpha value is -1.96. The van der Waals surface area contributed by atoms with Gasteiger partial charge in [-0.15, -0.1) is 0 Å². The van der Waals surface area contributed by atoms with Gasteiger partial charge in [0.15, 0.2) is 0 Å². The summed E-state index contributed by atoms with van der Waals surface area (Å²) in [4.78, 5) is 11.9. The molecule has 0 aliphatic rings. The summed E-state index contributed by atoms with van der Waals surface area (Å²) in [7, 11) is -2.01. The first-order valence-electron chi connectivity index (χ1n) is 8.42. The number of hydrogen-bond acceptors (Lipinski definition) is 4. The molecule has 0 saturated heterocycles. The van der Waals surface area contributed by atoms with E-state index in [4.69, 9.17) is 0 Å². The number of hydrogen-bond donors (Lipinski definition) is 1. The van der Waals surface area contributed by atoms with Gasteiger partial charge in [-0.2, -0.15) is 0 Å². The summed E-state index contributed by atoms with van der Waals surface area (Å²) >= 11 is 1.05. The lowest BCUT2D eigenvalue weighted by molar-refractivity contribution is 0.550. The second-order valence-corrected chi connectivity index (χ2v) is 9.19. The van der Waals surface area contributed by atoms with Gasteiger partial charge < -0.3 is 4.57 Å². The highest BCUT2D eigenvalue weighted by Crippen LogP contribution is 2.25. The molecule has 0 aliphatic heterocycles. The number of nitrogens with zero attached hydrogens (tertiary/aromatic N) is 1. The van der Waals surface area contributed by atoms with Gasteiger partial charge in [-0.05, 0) is 55.2 Å². The average Bonchev–Trinajstić information content (AvgIpc) is 2.89. The van der Waals surface area contributed by atoms with E-state index >= 15 is 0 Å². The quantitative estimate of drug-likeness (QED) is 0.723. The lowest BCUT2D eigenvalue weighted by Gasteiger charge is -2.19. The normalized spacial score (nSPS) is 13.2. The first kappa shape index (κ1) is 18.8. The van der Waals surface area contributed by atoms with Gasteiger partial charge in [0.1, 0.15) is 0 Å². The Bertz CT molecular complexity index is 1130. The molecule has 0 radical (unpaired) electrons. The highest BCUT2D eigenvalue weighted by molar-refractivity contribution is 7.89. The molecular formula is C19H22N2O3S2. The second-order valence-electron chi connectivity index (χ2n) is 6.48. The SMILES string of the molecule is CCC(NS(=O)(=O)c1ccc2c(c1)sc(=O)n2C)c1ccc(C)c(C)c1. The lowest BCUT2D eigenvalue weighted by atomic mass is 10.0. The molecule has 0 bridgehead atoms. The zero-order valence-electron chi connectivity index (χ0n) is 15.2. The van der Waals surface area contributed by atoms with Crippen LogP contribution in [0.15, 0.2) is 46.1 Å². The molecule has 26 heavy (non-hydrogen) atoms. The minimum atomic E-state index is -3.69. The van der Waals surface area contributed by atoms with Crippen molar-refractivity contribution in [2.24, 2.45) is 7.05 Å². The molecule has 0 fully saturated rings. The molecular weight excluding hydrogens is 368 g/mol. The van der Waals surface area contributed by atoms with Crippen molar-refractivity contribution in [3.8, 4) is 0 Å². The number of fused-ring (bicyclic) bond motifs is 1. The highest BCUT2D eigenvalue weighted by atomic mass is 32.2. The molecule has 1 heterocycles. The van der Waals surface area contributed by atoms with Crippen LogP contribution < -0.4 is 9.60 Å². The van der Waals surface area contributed by atoms with Crippen molar-refractivity contribution in [2.45, 2.75) is 38.1 Å². The Morgan fingerprint density at radius 2 is 1.85 bits per heavy atom. The van der Waals surface area contributed by atoms with Crippen molar-refractivity contribution in [2.75, 3.05) is 0 Å². The predicted molar refractivity (Wildman–Crippen MR) is 106 cm³/mol. The van der Waals surface area contributed by atoms with Gasteiger partial charge >= 0.3 is 4.87 Å².